The molecule has 0 saturated heterocycles. The Morgan fingerprint density at radius 1 is 1.14 bits per heavy atom. The van der Waals surface area contributed by atoms with Crippen LogP contribution in [0.25, 0.3) is 0 Å². The van der Waals surface area contributed by atoms with Gasteiger partial charge in [-0.2, -0.15) is 0 Å². The third kappa shape index (κ3) is 3.00. The second-order valence-electron chi connectivity index (χ2n) is 8.28. The molecule has 28 heavy (non-hydrogen) atoms. The first-order valence-corrected chi connectivity index (χ1v) is 9.96. The van der Waals surface area contributed by atoms with Crippen molar-refractivity contribution in [3.05, 3.63) is 41.2 Å². The van der Waals surface area contributed by atoms with E-state index in [0.717, 1.165) is 18.4 Å². The summed E-state index contributed by atoms with van der Waals surface area (Å²) in [7, 11) is 1.59. The Hall–Kier alpha value is -2.34. The van der Waals surface area contributed by atoms with Crippen LogP contribution in [-0.2, 0) is 19.1 Å². The Bertz CT molecular complexity index is 815. The van der Waals surface area contributed by atoms with E-state index >= 15 is 0 Å². The SMILES string of the molecule is COCCN1C(=O)C2=C(C(=O)C3CC(C)C(C)CC3O2)C1c1ccc(O)cc1. The van der Waals surface area contributed by atoms with E-state index in [0.29, 0.717) is 30.6 Å². The first-order chi connectivity index (χ1) is 13.4. The monoisotopic (exact) mass is 385 g/mol. The number of phenolic OH excluding ortho intramolecular Hbond substituents is 1. The number of hydrogen-bond donors (Lipinski definition) is 1. The van der Waals surface area contributed by atoms with Crippen LogP contribution in [0, 0.1) is 17.8 Å². The number of hydrogen-bond acceptors (Lipinski definition) is 5. The van der Waals surface area contributed by atoms with Gasteiger partial charge in [-0.15, -0.1) is 0 Å². The number of phenols is 1. The lowest BCUT2D eigenvalue weighted by Gasteiger charge is -2.40. The molecule has 1 aliphatic carbocycles. The molecule has 6 nitrogen and oxygen atoms in total. The summed E-state index contributed by atoms with van der Waals surface area (Å²) in [6.45, 7) is 5.10. The van der Waals surface area contributed by atoms with Gasteiger partial charge in [0.25, 0.3) is 5.91 Å². The van der Waals surface area contributed by atoms with Crippen molar-refractivity contribution < 1.29 is 24.2 Å². The van der Waals surface area contributed by atoms with Crippen LogP contribution in [0.3, 0.4) is 0 Å². The maximum atomic E-state index is 13.5. The minimum absolute atomic E-state index is 0.0383. The van der Waals surface area contributed by atoms with Gasteiger partial charge in [0.05, 0.1) is 24.1 Å². The molecule has 6 heteroatoms. The number of fused-ring (bicyclic) bond motifs is 1. The second kappa shape index (κ2) is 7.24. The average Bonchev–Trinajstić information content (AvgIpc) is 2.95. The van der Waals surface area contributed by atoms with Gasteiger partial charge < -0.3 is 19.5 Å². The van der Waals surface area contributed by atoms with Crippen molar-refractivity contribution in [1.29, 1.82) is 0 Å². The predicted octanol–water partition coefficient (Wildman–Crippen LogP) is 2.83. The number of Topliss-reactive ketones (excluding diaryl/α,β-unsaturated/α-hetero) is 1. The smallest absolute Gasteiger partial charge is 0.290 e. The van der Waals surface area contributed by atoms with Crippen LogP contribution in [0.1, 0.15) is 38.3 Å². The molecule has 1 amide bonds. The number of ether oxygens (including phenoxy) is 2. The van der Waals surface area contributed by atoms with Crippen LogP contribution in [-0.4, -0.2) is 48.1 Å². The number of carbonyl (C=O) groups excluding carboxylic acids is 2. The highest BCUT2D eigenvalue weighted by Crippen LogP contribution is 2.48. The number of rotatable bonds is 4. The van der Waals surface area contributed by atoms with Gasteiger partial charge in [0.15, 0.2) is 11.5 Å². The highest BCUT2D eigenvalue weighted by atomic mass is 16.5. The topological polar surface area (TPSA) is 76.1 Å². The van der Waals surface area contributed by atoms with Gasteiger partial charge in [0, 0.05) is 13.7 Å². The van der Waals surface area contributed by atoms with Gasteiger partial charge in [-0.1, -0.05) is 26.0 Å². The molecule has 0 radical (unpaired) electrons. The first kappa shape index (κ1) is 19.0. The van der Waals surface area contributed by atoms with Crippen molar-refractivity contribution in [3.63, 3.8) is 0 Å². The van der Waals surface area contributed by atoms with E-state index in [1.807, 2.05) is 0 Å². The first-order valence-electron chi connectivity index (χ1n) is 9.96. The predicted molar refractivity (Wildman–Crippen MR) is 102 cm³/mol. The molecule has 1 aromatic carbocycles. The molecule has 1 N–H and O–H groups in total. The Morgan fingerprint density at radius 3 is 2.50 bits per heavy atom. The Balaban J connectivity index is 1.75. The van der Waals surface area contributed by atoms with Crippen molar-refractivity contribution in [2.45, 2.75) is 38.8 Å². The van der Waals surface area contributed by atoms with E-state index in [1.165, 1.54) is 0 Å². The second-order valence-corrected chi connectivity index (χ2v) is 8.28. The maximum Gasteiger partial charge on any atom is 0.290 e. The molecule has 3 aliphatic rings. The van der Waals surface area contributed by atoms with Crippen molar-refractivity contribution in [2.24, 2.45) is 17.8 Å². The highest BCUT2D eigenvalue weighted by molar-refractivity contribution is 6.11. The highest BCUT2D eigenvalue weighted by Gasteiger charge is 2.53. The van der Waals surface area contributed by atoms with Crippen LogP contribution in [0.4, 0.5) is 0 Å². The maximum absolute atomic E-state index is 13.5. The minimum atomic E-state index is -0.499. The largest absolute Gasteiger partial charge is 0.508 e. The zero-order chi connectivity index (χ0) is 20.0. The minimum Gasteiger partial charge on any atom is -0.508 e. The molecule has 5 atom stereocenters. The summed E-state index contributed by atoms with van der Waals surface area (Å²) < 4.78 is 11.4. The van der Waals surface area contributed by atoms with Crippen molar-refractivity contribution in [1.82, 2.24) is 4.90 Å². The third-order valence-electron chi connectivity index (χ3n) is 6.55. The van der Waals surface area contributed by atoms with Crippen LogP contribution in [0.5, 0.6) is 5.75 Å². The van der Waals surface area contributed by atoms with E-state index in [1.54, 1.807) is 36.3 Å². The van der Waals surface area contributed by atoms with Gasteiger partial charge in [-0.05, 0) is 42.4 Å². The summed E-state index contributed by atoms with van der Waals surface area (Å²) >= 11 is 0. The molecule has 150 valence electrons. The third-order valence-corrected chi connectivity index (χ3v) is 6.55. The Morgan fingerprint density at radius 2 is 1.82 bits per heavy atom. The lowest BCUT2D eigenvalue weighted by atomic mass is 9.70. The summed E-state index contributed by atoms with van der Waals surface area (Å²) in [5, 5.41) is 9.65. The molecule has 1 fully saturated rings. The summed E-state index contributed by atoms with van der Waals surface area (Å²) in [4.78, 5) is 28.3. The molecular formula is C22H27NO5. The molecule has 2 aliphatic heterocycles. The lowest BCUT2D eigenvalue weighted by Crippen LogP contribution is -2.43. The summed E-state index contributed by atoms with van der Waals surface area (Å²) in [6, 6.07) is 6.17. The molecule has 2 heterocycles. The van der Waals surface area contributed by atoms with Gasteiger partial charge >= 0.3 is 0 Å². The summed E-state index contributed by atoms with van der Waals surface area (Å²) in [5.41, 5.74) is 1.26. The molecule has 4 rings (SSSR count). The molecular weight excluding hydrogens is 358 g/mol. The van der Waals surface area contributed by atoms with Crippen LogP contribution in [0.2, 0.25) is 0 Å². The van der Waals surface area contributed by atoms with Gasteiger partial charge in [0.1, 0.15) is 11.9 Å². The summed E-state index contributed by atoms with van der Waals surface area (Å²) in [5.74, 6) is 0.864. The van der Waals surface area contributed by atoms with E-state index < -0.39 is 6.04 Å². The number of methoxy groups -OCH3 is 1. The molecule has 1 saturated carbocycles. The molecule has 5 unspecified atom stereocenters. The number of amides is 1. The van der Waals surface area contributed by atoms with E-state index in [-0.39, 0.29) is 35.2 Å². The quantitative estimate of drug-likeness (QED) is 0.863. The van der Waals surface area contributed by atoms with Gasteiger partial charge in [-0.3, -0.25) is 9.59 Å². The van der Waals surface area contributed by atoms with Crippen molar-refractivity contribution >= 4 is 11.7 Å². The fourth-order valence-corrected chi connectivity index (χ4v) is 4.73. The van der Waals surface area contributed by atoms with Gasteiger partial charge in [0.2, 0.25) is 0 Å². The number of benzene rings is 1. The fraction of sp³-hybridized carbons (Fsp3) is 0.545. The van der Waals surface area contributed by atoms with Gasteiger partial charge in [-0.25, -0.2) is 0 Å². The normalized spacial score (nSPS) is 32.2. The Labute approximate surface area is 165 Å². The van der Waals surface area contributed by atoms with Crippen molar-refractivity contribution in [3.8, 4) is 5.75 Å². The van der Waals surface area contributed by atoms with Crippen LogP contribution < -0.4 is 0 Å². The van der Waals surface area contributed by atoms with Crippen molar-refractivity contribution in [2.75, 3.05) is 20.3 Å². The Kier molecular flexibility index (Phi) is 4.91. The lowest BCUT2D eigenvalue weighted by molar-refractivity contribution is -0.137. The standard InChI is InChI=1S/C22H27NO5/c1-12-10-16-17(11-13(12)2)28-21-18(20(16)25)19(14-4-6-15(24)7-5-14)23(22(21)26)8-9-27-3/h4-7,12-13,16-17,19,24H,8-11H2,1-3H3. The molecule has 0 bridgehead atoms. The zero-order valence-corrected chi connectivity index (χ0v) is 16.6. The average molecular weight is 385 g/mol. The fourth-order valence-electron chi connectivity index (χ4n) is 4.73. The number of aromatic hydroxyl groups is 1. The number of ketones is 1. The van der Waals surface area contributed by atoms with E-state index in [4.69, 9.17) is 9.47 Å². The van der Waals surface area contributed by atoms with Crippen LogP contribution in [0.15, 0.2) is 35.6 Å². The number of carbonyl (C=O) groups is 2. The summed E-state index contributed by atoms with van der Waals surface area (Å²) in [6.07, 6.45) is 1.36. The van der Waals surface area contributed by atoms with E-state index in [9.17, 15) is 14.7 Å². The molecule has 0 spiro atoms. The number of nitrogens with zero attached hydrogens (tertiary/aromatic N) is 1. The van der Waals surface area contributed by atoms with E-state index in [2.05, 4.69) is 13.8 Å². The molecule has 0 aromatic heterocycles. The molecule has 1 aromatic rings. The zero-order valence-electron chi connectivity index (χ0n) is 16.6. The van der Waals surface area contributed by atoms with Crippen LogP contribution >= 0.6 is 0 Å².